The molecule has 9 heteroatoms. The van der Waals surface area contributed by atoms with Gasteiger partial charge in [0.05, 0.1) is 6.04 Å². The third kappa shape index (κ3) is 5.70. The molecule has 0 radical (unpaired) electrons. The van der Waals surface area contributed by atoms with Crippen molar-refractivity contribution < 1.29 is 14.6 Å². The van der Waals surface area contributed by atoms with Gasteiger partial charge in [0.25, 0.3) is 0 Å². The number of hydrogen-bond acceptors (Lipinski definition) is 6. The third-order valence-corrected chi connectivity index (χ3v) is 5.62. The maximum atomic E-state index is 12.5. The summed E-state index contributed by atoms with van der Waals surface area (Å²) in [7, 11) is 0. The molecule has 2 atom stereocenters. The summed E-state index contributed by atoms with van der Waals surface area (Å²) >= 11 is 13.6. The van der Waals surface area contributed by atoms with Gasteiger partial charge in [-0.3, -0.25) is 0 Å². The lowest BCUT2D eigenvalue weighted by Gasteiger charge is -2.24. The van der Waals surface area contributed by atoms with E-state index < -0.39 is 23.8 Å². The molecule has 3 rings (SSSR count). The molecule has 2 heterocycles. The van der Waals surface area contributed by atoms with Crippen molar-refractivity contribution in [2.45, 2.75) is 38.5 Å². The normalized spacial score (nSPS) is 13.5. The van der Waals surface area contributed by atoms with Crippen molar-refractivity contribution >= 4 is 40.6 Å². The first-order chi connectivity index (χ1) is 14.1. The van der Waals surface area contributed by atoms with Gasteiger partial charge in [0, 0.05) is 21.7 Å². The van der Waals surface area contributed by atoms with Crippen LogP contribution in [0.4, 0.5) is 4.79 Å². The monoisotopic (exact) mass is 465 g/mol. The minimum Gasteiger partial charge on any atom is -0.444 e. The van der Waals surface area contributed by atoms with Crippen LogP contribution >= 0.6 is 34.5 Å². The van der Waals surface area contributed by atoms with Crippen molar-refractivity contribution in [1.82, 2.24) is 15.3 Å². The number of carbonyl (C=O) groups excluding carboxylic acids is 1. The van der Waals surface area contributed by atoms with Gasteiger partial charge in [-0.25, -0.2) is 14.8 Å². The highest BCUT2D eigenvalue weighted by Gasteiger charge is 2.25. The molecule has 0 unspecified atom stereocenters. The predicted octanol–water partition coefficient (Wildman–Crippen LogP) is 5.54. The number of aliphatic hydroxyl groups is 1. The van der Waals surface area contributed by atoms with E-state index in [2.05, 4.69) is 15.3 Å². The fourth-order valence-electron chi connectivity index (χ4n) is 2.80. The summed E-state index contributed by atoms with van der Waals surface area (Å²) in [6.45, 7) is 5.39. The smallest absolute Gasteiger partial charge is 0.408 e. The zero-order valence-electron chi connectivity index (χ0n) is 16.6. The molecule has 0 saturated carbocycles. The second kappa shape index (κ2) is 9.31. The Bertz CT molecular complexity index is 1040. The summed E-state index contributed by atoms with van der Waals surface area (Å²) < 4.78 is 5.42. The Balaban J connectivity index is 1.92. The van der Waals surface area contributed by atoms with Crippen LogP contribution < -0.4 is 5.32 Å². The lowest BCUT2D eigenvalue weighted by molar-refractivity contribution is 0.0512. The molecule has 0 spiro atoms. The molecule has 0 fully saturated rings. The quantitative estimate of drug-likeness (QED) is 0.483. The molecule has 2 aromatic heterocycles. The molecule has 1 amide bonds. The van der Waals surface area contributed by atoms with E-state index in [4.69, 9.17) is 27.9 Å². The minimum absolute atomic E-state index is 0.186. The molecule has 30 heavy (non-hydrogen) atoms. The first kappa shape index (κ1) is 22.5. The van der Waals surface area contributed by atoms with Gasteiger partial charge < -0.3 is 15.2 Å². The molecule has 0 saturated heterocycles. The van der Waals surface area contributed by atoms with Crippen molar-refractivity contribution in [2.24, 2.45) is 0 Å². The second-order valence-electron chi connectivity index (χ2n) is 7.59. The van der Waals surface area contributed by atoms with Crippen LogP contribution in [0.25, 0.3) is 0 Å². The summed E-state index contributed by atoms with van der Waals surface area (Å²) in [6, 6.07) is 8.50. The summed E-state index contributed by atoms with van der Waals surface area (Å²) in [5.41, 5.74) is 1.33. The minimum atomic E-state index is -0.987. The number of rotatable bonds is 5. The van der Waals surface area contributed by atoms with Crippen molar-refractivity contribution in [2.75, 3.05) is 0 Å². The average molecular weight is 466 g/mol. The molecular formula is C21H21Cl2N3O3S. The number of ether oxygens (including phenoxy) is 1. The number of nitrogens with one attached hydrogen (secondary N) is 1. The molecular weight excluding hydrogens is 445 g/mol. The van der Waals surface area contributed by atoms with Crippen LogP contribution in [0, 0.1) is 0 Å². The van der Waals surface area contributed by atoms with Crippen LogP contribution in [0.2, 0.25) is 10.2 Å². The highest BCUT2D eigenvalue weighted by Crippen LogP contribution is 2.34. The lowest BCUT2D eigenvalue weighted by Crippen LogP contribution is -2.35. The van der Waals surface area contributed by atoms with Gasteiger partial charge in [0.1, 0.15) is 23.2 Å². The molecule has 158 valence electrons. The van der Waals surface area contributed by atoms with E-state index in [0.29, 0.717) is 15.5 Å². The lowest BCUT2D eigenvalue weighted by atomic mass is 10.0. The van der Waals surface area contributed by atoms with E-state index >= 15 is 0 Å². The van der Waals surface area contributed by atoms with Crippen molar-refractivity contribution in [3.8, 4) is 0 Å². The van der Waals surface area contributed by atoms with E-state index in [-0.39, 0.29) is 5.15 Å². The van der Waals surface area contributed by atoms with Gasteiger partial charge in [0.15, 0.2) is 0 Å². The Kier molecular flexibility index (Phi) is 6.98. The zero-order chi connectivity index (χ0) is 21.9. The molecule has 1 aromatic carbocycles. The van der Waals surface area contributed by atoms with E-state index in [1.54, 1.807) is 32.9 Å². The first-order valence-corrected chi connectivity index (χ1v) is 10.7. The van der Waals surface area contributed by atoms with Crippen LogP contribution in [0.15, 0.2) is 48.2 Å². The van der Waals surface area contributed by atoms with Gasteiger partial charge >= 0.3 is 6.09 Å². The van der Waals surface area contributed by atoms with E-state index in [1.807, 2.05) is 23.6 Å². The number of aromatic nitrogens is 2. The van der Waals surface area contributed by atoms with Crippen LogP contribution in [0.1, 0.15) is 54.5 Å². The number of alkyl carbamates (subject to hydrolysis) is 1. The number of hydrogen-bond donors (Lipinski definition) is 2. The largest absolute Gasteiger partial charge is 0.444 e. The molecule has 6 nitrogen and oxygen atoms in total. The Morgan fingerprint density at radius 2 is 2.00 bits per heavy atom. The number of benzene rings is 1. The topological polar surface area (TPSA) is 84.3 Å². The maximum absolute atomic E-state index is 12.5. The number of carbonyl (C=O) groups is 1. The number of aliphatic hydroxyl groups excluding tert-OH is 1. The second-order valence-corrected chi connectivity index (χ2v) is 9.33. The van der Waals surface area contributed by atoms with E-state index in [9.17, 15) is 9.90 Å². The molecule has 0 aliphatic heterocycles. The van der Waals surface area contributed by atoms with E-state index in [1.165, 1.54) is 23.9 Å². The average Bonchev–Trinajstić information content (AvgIpc) is 3.14. The van der Waals surface area contributed by atoms with Crippen LogP contribution in [0.5, 0.6) is 0 Å². The fraction of sp³-hybridized carbons (Fsp3) is 0.286. The van der Waals surface area contributed by atoms with E-state index in [0.717, 1.165) is 11.1 Å². The summed E-state index contributed by atoms with van der Waals surface area (Å²) in [5.74, 6) is 0. The Morgan fingerprint density at radius 1 is 1.23 bits per heavy atom. The molecule has 0 aliphatic rings. The highest BCUT2D eigenvalue weighted by molar-refractivity contribution is 7.10. The van der Waals surface area contributed by atoms with Crippen LogP contribution in [0.3, 0.4) is 0 Å². The highest BCUT2D eigenvalue weighted by atomic mass is 35.5. The summed E-state index contributed by atoms with van der Waals surface area (Å²) in [6.07, 6.45) is 1.25. The van der Waals surface area contributed by atoms with Crippen molar-refractivity contribution in [3.63, 3.8) is 0 Å². The maximum Gasteiger partial charge on any atom is 0.408 e. The third-order valence-electron chi connectivity index (χ3n) is 4.07. The standard InChI is InChI=1S/C21H21Cl2N3O3S/c1-21(2,3)29-20(28)26-17(12-5-4-6-14(22)7-12)13-8-16(30-10-13)18(27)15-9-24-11-25-19(15)23/h4-11,17-18,27H,1-3H3,(H,26,28)/t17-,18-/m1/s1. The number of amides is 1. The van der Waals surface area contributed by atoms with Crippen LogP contribution in [-0.4, -0.2) is 26.8 Å². The number of nitrogens with zero attached hydrogens (tertiary/aromatic N) is 2. The van der Waals surface area contributed by atoms with Gasteiger partial charge in [-0.05, 0) is 55.5 Å². The number of thiophene rings is 1. The van der Waals surface area contributed by atoms with Gasteiger partial charge in [-0.2, -0.15) is 0 Å². The predicted molar refractivity (Wildman–Crippen MR) is 118 cm³/mol. The molecule has 0 bridgehead atoms. The molecule has 2 N–H and O–H groups in total. The molecule has 3 aromatic rings. The SMILES string of the molecule is CC(C)(C)OC(=O)N[C@H](c1cccc(Cl)c1)c1csc([C@H](O)c2cncnc2Cl)c1. The van der Waals surface area contributed by atoms with Crippen LogP contribution in [-0.2, 0) is 4.74 Å². The Morgan fingerprint density at radius 3 is 2.67 bits per heavy atom. The Labute approximate surface area is 188 Å². The zero-order valence-corrected chi connectivity index (χ0v) is 18.9. The Hall–Kier alpha value is -2.19. The molecule has 0 aliphatic carbocycles. The van der Waals surface area contributed by atoms with Crippen molar-refractivity contribution in [3.05, 3.63) is 80.0 Å². The first-order valence-electron chi connectivity index (χ1n) is 9.11. The summed E-state index contributed by atoms with van der Waals surface area (Å²) in [5, 5.41) is 16.2. The van der Waals surface area contributed by atoms with Gasteiger partial charge in [-0.15, -0.1) is 11.3 Å². The fourth-order valence-corrected chi connectivity index (χ4v) is 4.13. The number of halogens is 2. The summed E-state index contributed by atoms with van der Waals surface area (Å²) in [4.78, 5) is 20.9. The van der Waals surface area contributed by atoms with Gasteiger partial charge in [-0.1, -0.05) is 35.3 Å². The van der Waals surface area contributed by atoms with Crippen molar-refractivity contribution in [1.29, 1.82) is 0 Å². The van der Waals surface area contributed by atoms with Gasteiger partial charge in [0.2, 0.25) is 0 Å².